The summed E-state index contributed by atoms with van der Waals surface area (Å²) in [6.07, 6.45) is 4.73. The zero-order valence-corrected chi connectivity index (χ0v) is 13.5. The minimum absolute atomic E-state index is 0.203. The standard InChI is InChI=1S/C17H17N5O3/c23-16(14-11-25-17(18-14)12-6-8-24-9-7-12)19-15-10-22(21-20-15)13-4-2-1-3-5-13/h1-5,10-12H,6-9H2,(H,19,23). The lowest BCUT2D eigenvalue weighted by molar-refractivity contribution is 0.0794. The molecular weight excluding hydrogens is 322 g/mol. The van der Waals surface area contributed by atoms with Crippen molar-refractivity contribution in [3.63, 3.8) is 0 Å². The lowest BCUT2D eigenvalue weighted by Crippen LogP contribution is -2.16. The maximum atomic E-state index is 12.3. The number of benzene rings is 1. The number of hydrogen-bond acceptors (Lipinski definition) is 6. The first-order chi connectivity index (χ1) is 12.3. The van der Waals surface area contributed by atoms with E-state index >= 15 is 0 Å². The number of nitrogens with zero attached hydrogens (tertiary/aromatic N) is 4. The molecule has 0 spiro atoms. The average molecular weight is 339 g/mol. The lowest BCUT2D eigenvalue weighted by atomic mass is 10.0. The predicted octanol–water partition coefficient (Wildman–Crippen LogP) is 2.40. The molecule has 128 valence electrons. The van der Waals surface area contributed by atoms with Crippen LogP contribution in [0, 0.1) is 0 Å². The SMILES string of the molecule is O=C(Nc1cn(-c2ccccc2)nn1)c1coc(C2CCOCC2)n1. The molecule has 3 heterocycles. The van der Waals surface area contributed by atoms with Gasteiger partial charge in [-0.15, -0.1) is 5.10 Å². The number of oxazole rings is 1. The molecule has 1 N–H and O–H groups in total. The van der Waals surface area contributed by atoms with Crippen LogP contribution < -0.4 is 5.32 Å². The zero-order chi connectivity index (χ0) is 17.1. The van der Waals surface area contributed by atoms with E-state index in [1.807, 2.05) is 30.3 Å². The number of hydrogen-bond donors (Lipinski definition) is 1. The predicted molar refractivity (Wildman–Crippen MR) is 88.6 cm³/mol. The molecule has 0 unspecified atom stereocenters. The summed E-state index contributed by atoms with van der Waals surface area (Å²) in [4.78, 5) is 16.6. The Bertz CT molecular complexity index is 852. The molecule has 8 nitrogen and oxygen atoms in total. The molecule has 1 aromatic carbocycles. The van der Waals surface area contributed by atoms with Gasteiger partial charge in [-0.05, 0) is 25.0 Å². The van der Waals surface area contributed by atoms with Crippen LogP contribution in [0.15, 0.2) is 47.2 Å². The van der Waals surface area contributed by atoms with Crippen LogP contribution in [0.3, 0.4) is 0 Å². The van der Waals surface area contributed by atoms with Gasteiger partial charge in [-0.2, -0.15) is 0 Å². The zero-order valence-electron chi connectivity index (χ0n) is 13.5. The van der Waals surface area contributed by atoms with Crippen LogP contribution in [-0.2, 0) is 4.74 Å². The summed E-state index contributed by atoms with van der Waals surface area (Å²) in [5, 5.41) is 10.7. The molecule has 25 heavy (non-hydrogen) atoms. The average Bonchev–Trinajstić information content (AvgIpc) is 3.33. The molecule has 0 saturated carbocycles. The van der Waals surface area contributed by atoms with E-state index in [4.69, 9.17) is 9.15 Å². The van der Waals surface area contributed by atoms with Gasteiger partial charge in [0.05, 0.1) is 11.9 Å². The Kier molecular flexibility index (Phi) is 4.26. The fraction of sp³-hybridized carbons (Fsp3) is 0.294. The number of ether oxygens (including phenoxy) is 1. The Balaban J connectivity index is 1.44. The van der Waals surface area contributed by atoms with Gasteiger partial charge in [0, 0.05) is 19.1 Å². The van der Waals surface area contributed by atoms with Gasteiger partial charge in [-0.3, -0.25) is 4.79 Å². The van der Waals surface area contributed by atoms with Crippen molar-refractivity contribution in [1.82, 2.24) is 20.0 Å². The van der Waals surface area contributed by atoms with Crippen LogP contribution in [0.5, 0.6) is 0 Å². The Morgan fingerprint density at radius 2 is 2.00 bits per heavy atom. The summed E-state index contributed by atoms with van der Waals surface area (Å²) >= 11 is 0. The normalized spacial score (nSPS) is 15.2. The molecule has 0 atom stereocenters. The van der Waals surface area contributed by atoms with Crippen molar-refractivity contribution in [1.29, 1.82) is 0 Å². The Morgan fingerprint density at radius 1 is 1.20 bits per heavy atom. The highest BCUT2D eigenvalue weighted by Crippen LogP contribution is 2.26. The minimum atomic E-state index is -0.373. The third-order valence-corrected chi connectivity index (χ3v) is 4.08. The third-order valence-electron chi connectivity index (χ3n) is 4.08. The Labute approximate surface area is 143 Å². The summed E-state index contributed by atoms with van der Waals surface area (Å²) < 4.78 is 12.4. The van der Waals surface area contributed by atoms with Crippen molar-refractivity contribution < 1.29 is 13.9 Å². The maximum Gasteiger partial charge on any atom is 0.278 e. The molecule has 1 fully saturated rings. The number of anilines is 1. The van der Waals surface area contributed by atoms with Gasteiger partial charge in [0.25, 0.3) is 5.91 Å². The molecule has 1 aliphatic heterocycles. The molecule has 2 aromatic heterocycles. The van der Waals surface area contributed by atoms with E-state index in [-0.39, 0.29) is 17.5 Å². The van der Waals surface area contributed by atoms with Gasteiger partial charge < -0.3 is 14.5 Å². The Hall–Kier alpha value is -3.00. The molecule has 1 aliphatic rings. The highest BCUT2D eigenvalue weighted by Gasteiger charge is 2.22. The number of para-hydroxylation sites is 1. The third kappa shape index (κ3) is 3.43. The van der Waals surface area contributed by atoms with Crippen LogP contribution in [0.4, 0.5) is 5.82 Å². The quantitative estimate of drug-likeness (QED) is 0.784. The van der Waals surface area contributed by atoms with Gasteiger partial charge in [-0.25, -0.2) is 9.67 Å². The van der Waals surface area contributed by atoms with Crippen LogP contribution in [-0.4, -0.2) is 39.1 Å². The van der Waals surface area contributed by atoms with Gasteiger partial charge in [0.2, 0.25) is 0 Å². The Morgan fingerprint density at radius 3 is 2.80 bits per heavy atom. The van der Waals surface area contributed by atoms with Gasteiger partial charge >= 0.3 is 0 Å². The second-order valence-electron chi connectivity index (χ2n) is 5.80. The number of nitrogens with one attached hydrogen (secondary N) is 1. The van der Waals surface area contributed by atoms with Crippen molar-refractivity contribution in [3.8, 4) is 5.69 Å². The smallest absolute Gasteiger partial charge is 0.278 e. The summed E-state index contributed by atoms with van der Waals surface area (Å²) in [5.41, 5.74) is 1.09. The summed E-state index contributed by atoms with van der Waals surface area (Å²) in [6, 6.07) is 9.53. The fourth-order valence-corrected chi connectivity index (χ4v) is 2.73. The molecule has 0 bridgehead atoms. The van der Waals surface area contributed by atoms with E-state index in [0.717, 1.165) is 18.5 Å². The first kappa shape index (κ1) is 15.5. The number of carbonyl (C=O) groups is 1. The summed E-state index contributed by atoms with van der Waals surface area (Å²) in [6.45, 7) is 1.38. The van der Waals surface area contributed by atoms with Crippen LogP contribution in [0.2, 0.25) is 0 Å². The van der Waals surface area contributed by atoms with Gasteiger partial charge in [0.15, 0.2) is 17.4 Å². The number of rotatable bonds is 4. The maximum absolute atomic E-state index is 12.3. The van der Waals surface area contributed by atoms with E-state index in [1.54, 1.807) is 10.9 Å². The first-order valence-electron chi connectivity index (χ1n) is 8.12. The number of aromatic nitrogens is 4. The van der Waals surface area contributed by atoms with Crippen molar-refractivity contribution in [2.45, 2.75) is 18.8 Å². The molecule has 1 saturated heterocycles. The second-order valence-corrected chi connectivity index (χ2v) is 5.80. The lowest BCUT2D eigenvalue weighted by Gasteiger charge is -2.18. The summed E-state index contributed by atoms with van der Waals surface area (Å²) in [7, 11) is 0. The molecular formula is C17H17N5O3. The monoisotopic (exact) mass is 339 g/mol. The van der Waals surface area contributed by atoms with Crippen molar-refractivity contribution in [2.24, 2.45) is 0 Å². The van der Waals surface area contributed by atoms with Crippen LogP contribution >= 0.6 is 0 Å². The first-order valence-corrected chi connectivity index (χ1v) is 8.12. The molecule has 3 aromatic rings. The van der Waals surface area contributed by atoms with E-state index in [2.05, 4.69) is 20.6 Å². The van der Waals surface area contributed by atoms with Crippen molar-refractivity contribution in [2.75, 3.05) is 18.5 Å². The van der Waals surface area contributed by atoms with Crippen LogP contribution in [0.1, 0.15) is 35.1 Å². The van der Waals surface area contributed by atoms with E-state index in [9.17, 15) is 4.79 Å². The van der Waals surface area contributed by atoms with Gasteiger partial charge in [0.1, 0.15) is 6.26 Å². The second kappa shape index (κ2) is 6.86. The van der Waals surface area contributed by atoms with Gasteiger partial charge in [-0.1, -0.05) is 23.4 Å². The van der Waals surface area contributed by atoms with Crippen molar-refractivity contribution >= 4 is 11.7 Å². The van der Waals surface area contributed by atoms with E-state index in [0.29, 0.717) is 24.9 Å². The molecule has 4 rings (SSSR count). The molecule has 0 radical (unpaired) electrons. The summed E-state index contributed by atoms with van der Waals surface area (Å²) in [5.74, 6) is 0.766. The molecule has 0 aliphatic carbocycles. The van der Waals surface area contributed by atoms with Crippen molar-refractivity contribution in [3.05, 3.63) is 54.4 Å². The fourth-order valence-electron chi connectivity index (χ4n) is 2.73. The topological polar surface area (TPSA) is 95.1 Å². The highest BCUT2D eigenvalue weighted by atomic mass is 16.5. The highest BCUT2D eigenvalue weighted by molar-refractivity contribution is 6.02. The number of carbonyl (C=O) groups excluding carboxylic acids is 1. The largest absolute Gasteiger partial charge is 0.448 e. The minimum Gasteiger partial charge on any atom is -0.448 e. The molecule has 1 amide bonds. The molecule has 8 heteroatoms. The van der Waals surface area contributed by atoms with Crippen LogP contribution in [0.25, 0.3) is 5.69 Å². The van der Waals surface area contributed by atoms with E-state index in [1.165, 1.54) is 6.26 Å². The van der Waals surface area contributed by atoms with E-state index < -0.39 is 0 Å². The number of amides is 1.